The van der Waals surface area contributed by atoms with Crippen LogP contribution in [0.15, 0.2) is 36.5 Å². The Balaban J connectivity index is 1.73. The summed E-state index contributed by atoms with van der Waals surface area (Å²) in [5.74, 6) is 3.22. The van der Waals surface area contributed by atoms with Crippen molar-refractivity contribution in [1.29, 1.82) is 0 Å². The van der Waals surface area contributed by atoms with Gasteiger partial charge in [-0.2, -0.15) is 16.9 Å². The van der Waals surface area contributed by atoms with Crippen molar-refractivity contribution in [2.75, 3.05) is 30.5 Å². The van der Waals surface area contributed by atoms with E-state index >= 15 is 0 Å². The molecule has 0 saturated heterocycles. The minimum Gasteiger partial charge on any atom is -0.383 e. The molecule has 1 atom stereocenters. The summed E-state index contributed by atoms with van der Waals surface area (Å²) < 4.78 is 7.00. The molecule has 1 N–H and O–H groups in total. The van der Waals surface area contributed by atoms with Crippen molar-refractivity contribution >= 4 is 17.6 Å². The van der Waals surface area contributed by atoms with Gasteiger partial charge in [-0.1, -0.05) is 24.3 Å². The fourth-order valence-corrected chi connectivity index (χ4v) is 3.65. The van der Waals surface area contributed by atoms with E-state index in [4.69, 9.17) is 4.74 Å². The molecule has 1 aromatic heterocycles. The lowest BCUT2D eigenvalue weighted by Crippen LogP contribution is -2.14. The van der Waals surface area contributed by atoms with Gasteiger partial charge in [0, 0.05) is 25.1 Å². The second-order valence-electron chi connectivity index (χ2n) is 5.18. The third-order valence-electron chi connectivity index (χ3n) is 3.72. The fourth-order valence-electron chi connectivity index (χ4n) is 2.62. The van der Waals surface area contributed by atoms with Crippen LogP contribution in [-0.4, -0.2) is 35.0 Å². The number of aromatic nitrogens is 2. The monoisotopic (exact) mass is 303 g/mol. The number of rotatable bonds is 5. The van der Waals surface area contributed by atoms with Crippen LogP contribution in [0.1, 0.15) is 17.2 Å². The molecule has 0 saturated carbocycles. The van der Waals surface area contributed by atoms with Crippen molar-refractivity contribution in [1.82, 2.24) is 9.78 Å². The maximum absolute atomic E-state index is 5.08. The molecule has 0 unspecified atom stereocenters. The Bertz CT molecular complexity index is 584. The second kappa shape index (κ2) is 7.00. The van der Waals surface area contributed by atoms with E-state index in [1.54, 1.807) is 7.11 Å². The van der Waals surface area contributed by atoms with E-state index in [-0.39, 0.29) is 0 Å². The van der Waals surface area contributed by atoms with Gasteiger partial charge in [-0.15, -0.1) is 0 Å². The lowest BCUT2D eigenvalue weighted by Gasteiger charge is -2.18. The topological polar surface area (TPSA) is 39.1 Å². The first kappa shape index (κ1) is 14.5. The molecule has 1 aromatic carbocycles. The zero-order valence-electron chi connectivity index (χ0n) is 12.3. The van der Waals surface area contributed by atoms with Gasteiger partial charge in [0.15, 0.2) is 0 Å². The number of thioether (sulfide) groups is 1. The molecule has 3 rings (SSSR count). The van der Waals surface area contributed by atoms with Crippen molar-refractivity contribution in [3.8, 4) is 0 Å². The smallest absolute Gasteiger partial charge is 0.148 e. The Morgan fingerprint density at radius 3 is 3.19 bits per heavy atom. The van der Waals surface area contributed by atoms with Crippen LogP contribution < -0.4 is 5.32 Å². The van der Waals surface area contributed by atoms with Crippen LogP contribution in [0.5, 0.6) is 0 Å². The van der Waals surface area contributed by atoms with Gasteiger partial charge in [0.1, 0.15) is 5.82 Å². The number of benzene rings is 1. The number of ether oxygens (including phenoxy) is 1. The largest absolute Gasteiger partial charge is 0.383 e. The molecule has 5 heteroatoms. The van der Waals surface area contributed by atoms with Crippen molar-refractivity contribution in [3.63, 3.8) is 0 Å². The summed E-state index contributed by atoms with van der Waals surface area (Å²) in [4.78, 5) is 0. The number of aryl methyl sites for hydroxylation is 1. The number of nitrogens with zero attached hydrogens (tertiary/aromatic N) is 2. The summed E-state index contributed by atoms with van der Waals surface area (Å²) in [5.41, 5.74) is 2.87. The lowest BCUT2D eigenvalue weighted by atomic mass is 10.00. The van der Waals surface area contributed by atoms with Crippen LogP contribution in [0.2, 0.25) is 0 Å². The van der Waals surface area contributed by atoms with Gasteiger partial charge in [0.2, 0.25) is 0 Å². The molecule has 2 aromatic rings. The Labute approximate surface area is 129 Å². The molecule has 21 heavy (non-hydrogen) atoms. The highest BCUT2D eigenvalue weighted by molar-refractivity contribution is 7.99. The normalized spacial score (nSPS) is 18.0. The first-order valence-electron chi connectivity index (χ1n) is 7.31. The second-order valence-corrected chi connectivity index (χ2v) is 6.33. The minimum absolute atomic E-state index is 0.333. The Hall–Kier alpha value is -1.46. The van der Waals surface area contributed by atoms with Crippen LogP contribution in [0.25, 0.3) is 0 Å². The summed E-state index contributed by atoms with van der Waals surface area (Å²) in [6.07, 6.45) is 3.15. The SMILES string of the molecule is COCCn1ccc(N[C@H]2CSCCc3ccccc32)n1. The van der Waals surface area contributed by atoms with Crippen molar-refractivity contribution < 1.29 is 4.74 Å². The molecular weight excluding hydrogens is 282 g/mol. The summed E-state index contributed by atoms with van der Waals surface area (Å²) in [6.45, 7) is 1.47. The number of nitrogens with one attached hydrogen (secondary N) is 1. The van der Waals surface area contributed by atoms with Gasteiger partial charge < -0.3 is 10.1 Å². The van der Waals surface area contributed by atoms with Gasteiger partial charge in [-0.3, -0.25) is 4.68 Å². The molecule has 0 bridgehead atoms. The number of methoxy groups -OCH3 is 1. The van der Waals surface area contributed by atoms with Crippen LogP contribution in [0.4, 0.5) is 5.82 Å². The van der Waals surface area contributed by atoms with Crippen LogP contribution in [-0.2, 0) is 17.7 Å². The first-order chi connectivity index (χ1) is 10.4. The number of hydrogen-bond donors (Lipinski definition) is 1. The highest BCUT2D eigenvalue weighted by Crippen LogP contribution is 2.29. The van der Waals surface area contributed by atoms with E-state index in [1.165, 1.54) is 16.9 Å². The van der Waals surface area contributed by atoms with Crippen LogP contribution in [0.3, 0.4) is 0 Å². The number of hydrogen-bond acceptors (Lipinski definition) is 4. The zero-order valence-corrected chi connectivity index (χ0v) is 13.1. The summed E-state index contributed by atoms with van der Waals surface area (Å²) in [5, 5.41) is 8.14. The Morgan fingerprint density at radius 1 is 1.38 bits per heavy atom. The summed E-state index contributed by atoms with van der Waals surface area (Å²) in [7, 11) is 1.71. The number of fused-ring (bicyclic) bond motifs is 1. The third-order valence-corrected chi connectivity index (χ3v) is 4.78. The molecule has 0 radical (unpaired) electrons. The quantitative estimate of drug-likeness (QED) is 0.922. The van der Waals surface area contributed by atoms with Gasteiger partial charge >= 0.3 is 0 Å². The fraction of sp³-hybridized carbons (Fsp3) is 0.438. The van der Waals surface area contributed by atoms with E-state index in [0.717, 1.165) is 24.5 Å². The number of anilines is 1. The van der Waals surface area contributed by atoms with Gasteiger partial charge in [-0.05, 0) is 23.3 Å². The highest BCUT2D eigenvalue weighted by atomic mass is 32.2. The molecule has 0 spiro atoms. The van der Waals surface area contributed by atoms with Crippen molar-refractivity contribution in [2.24, 2.45) is 0 Å². The lowest BCUT2D eigenvalue weighted by molar-refractivity contribution is 0.183. The van der Waals surface area contributed by atoms with Crippen LogP contribution in [0, 0.1) is 0 Å². The van der Waals surface area contributed by atoms with E-state index in [1.807, 2.05) is 28.7 Å². The molecule has 1 aliphatic heterocycles. The van der Waals surface area contributed by atoms with Gasteiger partial charge in [0.25, 0.3) is 0 Å². The molecular formula is C16H21N3OS. The van der Waals surface area contributed by atoms with E-state index in [2.05, 4.69) is 34.7 Å². The van der Waals surface area contributed by atoms with E-state index < -0.39 is 0 Å². The predicted molar refractivity (Wildman–Crippen MR) is 87.9 cm³/mol. The van der Waals surface area contributed by atoms with Crippen molar-refractivity contribution in [3.05, 3.63) is 47.7 Å². The average Bonchev–Trinajstić information content (AvgIpc) is 2.86. The minimum atomic E-state index is 0.333. The Kier molecular flexibility index (Phi) is 4.83. The average molecular weight is 303 g/mol. The van der Waals surface area contributed by atoms with Crippen molar-refractivity contribution in [2.45, 2.75) is 19.0 Å². The Morgan fingerprint density at radius 2 is 2.29 bits per heavy atom. The molecule has 112 valence electrons. The van der Waals surface area contributed by atoms with Crippen LogP contribution >= 0.6 is 11.8 Å². The maximum atomic E-state index is 5.08. The molecule has 0 amide bonds. The van der Waals surface area contributed by atoms with E-state index in [0.29, 0.717) is 12.6 Å². The molecule has 0 fully saturated rings. The van der Waals surface area contributed by atoms with Gasteiger partial charge in [-0.25, -0.2) is 0 Å². The highest BCUT2D eigenvalue weighted by Gasteiger charge is 2.19. The summed E-state index contributed by atoms with van der Waals surface area (Å²) >= 11 is 2.00. The molecule has 4 nitrogen and oxygen atoms in total. The molecule has 1 aliphatic rings. The zero-order chi connectivity index (χ0) is 14.5. The third kappa shape index (κ3) is 3.60. The molecule has 2 heterocycles. The standard InChI is InChI=1S/C16H21N3OS/c1-20-10-9-19-8-6-16(18-19)17-15-12-21-11-7-13-4-2-3-5-14(13)15/h2-6,8,15H,7,9-12H2,1H3,(H,17,18)/t15-/m0/s1. The maximum Gasteiger partial charge on any atom is 0.148 e. The predicted octanol–water partition coefficient (Wildman–Crippen LogP) is 2.97. The molecule has 0 aliphatic carbocycles. The first-order valence-corrected chi connectivity index (χ1v) is 8.47. The summed E-state index contributed by atoms with van der Waals surface area (Å²) in [6, 6.07) is 11.1. The van der Waals surface area contributed by atoms with Gasteiger partial charge in [0.05, 0.1) is 19.2 Å². The van der Waals surface area contributed by atoms with E-state index in [9.17, 15) is 0 Å².